The molecule has 0 atom stereocenters. The molecular formula is C21H17N3O4S. The number of nitrogens with zero attached hydrogens (tertiary/aromatic N) is 2. The van der Waals surface area contributed by atoms with E-state index in [1.54, 1.807) is 24.5 Å². The maximum Gasteiger partial charge on any atom is 0.262 e. The van der Waals surface area contributed by atoms with Gasteiger partial charge in [0.05, 0.1) is 15.9 Å². The Morgan fingerprint density at radius 2 is 1.66 bits per heavy atom. The molecule has 0 fully saturated rings. The van der Waals surface area contributed by atoms with Crippen LogP contribution in [0.4, 0.5) is 5.69 Å². The van der Waals surface area contributed by atoms with Gasteiger partial charge in [-0.2, -0.15) is 0 Å². The predicted octanol–water partition coefficient (Wildman–Crippen LogP) is 3.60. The van der Waals surface area contributed by atoms with E-state index in [1.807, 2.05) is 41.0 Å². The van der Waals surface area contributed by atoms with Crippen LogP contribution in [0.15, 0.2) is 78.0 Å². The summed E-state index contributed by atoms with van der Waals surface area (Å²) in [7, 11) is -3.75. The molecule has 1 aliphatic heterocycles. The second kappa shape index (κ2) is 6.82. The summed E-state index contributed by atoms with van der Waals surface area (Å²) < 4.78 is 41.0. The van der Waals surface area contributed by atoms with E-state index in [4.69, 9.17) is 9.47 Å². The monoisotopic (exact) mass is 407 g/mol. The first-order valence-electron chi connectivity index (χ1n) is 9.05. The maximum atomic E-state index is 12.8. The number of ether oxygens (including phenoxy) is 2. The smallest absolute Gasteiger partial charge is 0.262 e. The molecule has 0 aliphatic carbocycles. The molecule has 0 unspecified atom stereocenters. The van der Waals surface area contributed by atoms with Gasteiger partial charge in [-0.05, 0) is 48.5 Å². The van der Waals surface area contributed by atoms with Gasteiger partial charge in [0.15, 0.2) is 11.5 Å². The van der Waals surface area contributed by atoms with Gasteiger partial charge >= 0.3 is 0 Å². The fourth-order valence-electron chi connectivity index (χ4n) is 3.26. The minimum absolute atomic E-state index is 0.117. The Morgan fingerprint density at radius 1 is 0.897 bits per heavy atom. The van der Waals surface area contributed by atoms with Gasteiger partial charge in [0.25, 0.3) is 10.0 Å². The summed E-state index contributed by atoms with van der Waals surface area (Å²) in [6.45, 7) is 0.851. The average molecular weight is 407 g/mol. The SMILES string of the molecule is O=S(=O)(Nc1ccc(-n2cnc3ccccc32)cc1)c1ccc2c(c1)OCCO2. The third kappa shape index (κ3) is 3.27. The third-order valence-electron chi connectivity index (χ3n) is 4.68. The quantitative estimate of drug-likeness (QED) is 0.559. The number of rotatable bonds is 4. The highest BCUT2D eigenvalue weighted by Gasteiger charge is 2.19. The highest BCUT2D eigenvalue weighted by atomic mass is 32.2. The lowest BCUT2D eigenvalue weighted by atomic mass is 10.2. The van der Waals surface area contributed by atoms with Crippen LogP contribution >= 0.6 is 0 Å². The number of hydrogen-bond acceptors (Lipinski definition) is 5. The second-order valence-electron chi connectivity index (χ2n) is 6.56. The number of hydrogen-bond donors (Lipinski definition) is 1. The van der Waals surface area contributed by atoms with Gasteiger partial charge in [-0.25, -0.2) is 13.4 Å². The largest absolute Gasteiger partial charge is 0.486 e. The summed E-state index contributed by atoms with van der Waals surface area (Å²) in [5.41, 5.74) is 3.24. The van der Waals surface area contributed by atoms with Crippen LogP contribution in [0.3, 0.4) is 0 Å². The molecule has 0 amide bonds. The Hall–Kier alpha value is -3.52. The summed E-state index contributed by atoms with van der Waals surface area (Å²) in [5.74, 6) is 0.980. The standard InChI is InChI=1S/C21H17N3O4S/c25-29(26,17-9-10-20-21(13-17)28-12-11-27-20)23-15-5-7-16(8-6-15)24-14-22-18-3-1-2-4-19(18)24/h1-10,13-14,23H,11-12H2. The number of sulfonamides is 1. The fourth-order valence-corrected chi connectivity index (χ4v) is 4.33. The lowest BCUT2D eigenvalue weighted by molar-refractivity contribution is 0.171. The summed E-state index contributed by atoms with van der Waals surface area (Å²) in [6.07, 6.45) is 1.75. The zero-order valence-corrected chi connectivity index (χ0v) is 16.1. The highest BCUT2D eigenvalue weighted by Crippen LogP contribution is 2.32. The Kier molecular flexibility index (Phi) is 4.13. The minimum atomic E-state index is -3.75. The molecule has 2 heterocycles. The molecule has 5 rings (SSSR count). The molecule has 0 spiro atoms. The van der Waals surface area contributed by atoms with Crippen molar-refractivity contribution in [1.82, 2.24) is 9.55 Å². The van der Waals surface area contributed by atoms with E-state index < -0.39 is 10.0 Å². The van der Waals surface area contributed by atoms with Crippen molar-refractivity contribution in [2.45, 2.75) is 4.90 Å². The van der Waals surface area contributed by atoms with E-state index in [-0.39, 0.29) is 4.90 Å². The molecule has 3 aromatic carbocycles. The van der Waals surface area contributed by atoms with Gasteiger partial charge in [-0.1, -0.05) is 12.1 Å². The maximum absolute atomic E-state index is 12.8. The molecule has 1 N–H and O–H groups in total. The Morgan fingerprint density at radius 3 is 2.48 bits per heavy atom. The molecule has 1 aliphatic rings. The van der Waals surface area contributed by atoms with E-state index in [0.717, 1.165) is 16.7 Å². The van der Waals surface area contributed by atoms with Crippen LogP contribution < -0.4 is 14.2 Å². The van der Waals surface area contributed by atoms with Gasteiger partial charge in [-0.15, -0.1) is 0 Å². The molecule has 0 bridgehead atoms. The van der Waals surface area contributed by atoms with Crippen molar-refractivity contribution in [3.8, 4) is 17.2 Å². The lowest BCUT2D eigenvalue weighted by Crippen LogP contribution is -2.17. The van der Waals surface area contributed by atoms with Gasteiger partial charge in [0.1, 0.15) is 19.5 Å². The highest BCUT2D eigenvalue weighted by molar-refractivity contribution is 7.92. The van der Waals surface area contributed by atoms with E-state index in [1.165, 1.54) is 12.1 Å². The molecule has 1 aromatic heterocycles. The summed E-state index contributed by atoms with van der Waals surface area (Å²) in [5, 5.41) is 0. The summed E-state index contributed by atoms with van der Waals surface area (Å²) in [6, 6.07) is 19.5. The second-order valence-corrected chi connectivity index (χ2v) is 8.24. The van der Waals surface area contributed by atoms with E-state index in [9.17, 15) is 8.42 Å². The fraction of sp³-hybridized carbons (Fsp3) is 0.0952. The number of aromatic nitrogens is 2. The van der Waals surface area contributed by atoms with Crippen LogP contribution in [0.25, 0.3) is 16.7 Å². The van der Waals surface area contributed by atoms with Crippen LogP contribution in [0.5, 0.6) is 11.5 Å². The summed E-state index contributed by atoms with van der Waals surface area (Å²) >= 11 is 0. The van der Waals surface area contributed by atoms with Crippen LogP contribution in [0, 0.1) is 0 Å². The molecule has 4 aromatic rings. The molecule has 8 heteroatoms. The first kappa shape index (κ1) is 17.6. The number of para-hydroxylation sites is 2. The normalized spacial score (nSPS) is 13.4. The Labute approximate surface area is 167 Å². The van der Waals surface area contributed by atoms with Crippen molar-refractivity contribution in [2.24, 2.45) is 0 Å². The third-order valence-corrected chi connectivity index (χ3v) is 6.05. The van der Waals surface area contributed by atoms with Gasteiger partial charge in [-0.3, -0.25) is 9.29 Å². The number of fused-ring (bicyclic) bond motifs is 2. The minimum Gasteiger partial charge on any atom is -0.486 e. The zero-order chi connectivity index (χ0) is 19.8. The topological polar surface area (TPSA) is 82.5 Å². The van der Waals surface area contributed by atoms with E-state index >= 15 is 0 Å². The predicted molar refractivity (Wildman–Crippen MR) is 109 cm³/mol. The zero-order valence-electron chi connectivity index (χ0n) is 15.3. The first-order valence-corrected chi connectivity index (χ1v) is 10.5. The number of anilines is 1. The van der Waals surface area contributed by atoms with Crippen molar-refractivity contribution in [2.75, 3.05) is 17.9 Å². The van der Waals surface area contributed by atoms with Crippen molar-refractivity contribution in [1.29, 1.82) is 0 Å². The van der Waals surface area contributed by atoms with Crippen LogP contribution in [-0.4, -0.2) is 31.2 Å². The molecule has 29 heavy (non-hydrogen) atoms. The van der Waals surface area contributed by atoms with Crippen LogP contribution in [-0.2, 0) is 10.0 Å². The molecule has 7 nitrogen and oxygen atoms in total. The number of imidazole rings is 1. The van der Waals surface area contributed by atoms with Crippen molar-refractivity contribution in [3.63, 3.8) is 0 Å². The Balaban J connectivity index is 1.40. The number of nitrogens with one attached hydrogen (secondary N) is 1. The van der Waals surface area contributed by atoms with Crippen molar-refractivity contribution in [3.05, 3.63) is 73.1 Å². The molecule has 0 saturated carbocycles. The molecule has 146 valence electrons. The van der Waals surface area contributed by atoms with Crippen molar-refractivity contribution >= 4 is 26.7 Å². The molecular weight excluding hydrogens is 390 g/mol. The Bertz CT molecular complexity index is 1300. The molecule has 0 saturated heterocycles. The van der Waals surface area contributed by atoms with Crippen LogP contribution in [0.2, 0.25) is 0 Å². The van der Waals surface area contributed by atoms with Gasteiger partial charge in [0, 0.05) is 17.4 Å². The molecule has 0 radical (unpaired) electrons. The van der Waals surface area contributed by atoms with Crippen LogP contribution in [0.1, 0.15) is 0 Å². The van der Waals surface area contributed by atoms with Gasteiger partial charge in [0.2, 0.25) is 0 Å². The number of benzene rings is 3. The first-order chi connectivity index (χ1) is 14.1. The average Bonchev–Trinajstić information content (AvgIpc) is 3.18. The van der Waals surface area contributed by atoms with Crippen molar-refractivity contribution < 1.29 is 17.9 Å². The lowest BCUT2D eigenvalue weighted by Gasteiger charge is -2.19. The summed E-state index contributed by atoms with van der Waals surface area (Å²) in [4.78, 5) is 4.50. The van der Waals surface area contributed by atoms with Gasteiger partial charge < -0.3 is 9.47 Å². The van der Waals surface area contributed by atoms with E-state index in [0.29, 0.717) is 30.4 Å². The van der Waals surface area contributed by atoms with E-state index in [2.05, 4.69) is 9.71 Å².